The average molecular weight is 228 g/mol. The standard InChI is InChI=1S/C11H20N2O3/c1-11(2,3)13-5-4-12(8-15)6-9(13)10(16)7-14/h7,9,15H,4-6,8H2,1-3H3. The quantitative estimate of drug-likeness (QED) is 0.521. The zero-order valence-corrected chi connectivity index (χ0v) is 10.1. The molecular weight excluding hydrogens is 208 g/mol. The van der Waals surface area contributed by atoms with Crippen LogP contribution in [0.5, 0.6) is 0 Å². The van der Waals surface area contributed by atoms with Crippen LogP contribution in [0.2, 0.25) is 0 Å². The zero-order chi connectivity index (χ0) is 12.3. The van der Waals surface area contributed by atoms with Crippen LogP contribution in [0.3, 0.4) is 0 Å². The zero-order valence-electron chi connectivity index (χ0n) is 10.1. The number of aliphatic hydroxyl groups excluding tert-OH is 1. The minimum atomic E-state index is -0.432. The molecule has 92 valence electrons. The Bertz CT molecular complexity index is 273. The summed E-state index contributed by atoms with van der Waals surface area (Å²) in [6, 6.07) is -0.432. The molecule has 1 fully saturated rings. The van der Waals surface area contributed by atoms with Gasteiger partial charge in [-0.25, -0.2) is 0 Å². The van der Waals surface area contributed by atoms with Crippen LogP contribution in [0.4, 0.5) is 0 Å². The summed E-state index contributed by atoms with van der Waals surface area (Å²) >= 11 is 0. The van der Waals surface area contributed by atoms with Crippen LogP contribution < -0.4 is 0 Å². The van der Waals surface area contributed by atoms with Gasteiger partial charge in [0.15, 0.2) is 6.29 Å². The molecule has 0 spiro atoms. The van der Waals surface area contributed by atoms with Gasteiger partial charge in [0.2, 0.25) is 5.78 Å². The summed E-state index contributed by atoms with van der Waals surface area (Å²) in [4.78, 5) is 26.0. The van der Waals surface area contributed by atoms with Crippen molar-refractivity contribution < 1.29 is 14.7 Å². The number of ketones is 1. The maximum absolute atomic E-state index is 11.6. The molecule has 0 aromatic carbocycles. The van der Waals surface area contributed by atoms with Crippen LogP contribution in [0.25, 0.3) is 0 Å². The van der Waals surface area contributed by atoms with E-state index < -0.39 is 11.8 Å². The highest BCUT2D eigenvalue weighted by atomic mass is 16.3. The molecule has 0 aliphatic carbocycles. The van der Waals surface area contributed by atoms with Gasteiger partial charge in [0, 0.05) is 25.2 Å². The van der Waals surface area contributed by atoms with Crippen molar-refractivity contribution in [3.05, 3.63) is 0 Å². The van der Waals surface area contributed by atoms with Crippen molar-refractivity contribution in [1.82, 2.24) is 9.80 Å². The summed E-state index contributed by atoms with van der Waals surface area (Å²) in [7, 11) is 0. The number of aldehydes is 1. The number of hydrogen-bond acceptors (Lipinski definition) is 5. The molecule has 0 radical (unpaired) electrons. The summed E-state index contributed by atoms with van der Waals surface area (Å²) in [5, 5.41) is 9.06. The summed E-state index contributed by atoms with van der Waals surface area (Å²) in [6.45, 7) is 7.82. The molecule has 0 aromatic rings. The van der Waals surface area contributed by atoms with Crippen molar-refractivity contribution in [3.8, 4) is 0 Å². The number of carbonyl (C=O) groups is 2. The van der Waals surface area contributed by atoms with E-state index in [4.69, 9.17) is 5.11 Å². The molecule has 1 N–H and O–H groups in total. The van der Waals surface area contributed by atoms with Gasteiger partial charge in [-0.05, 0) is 20.8 Å². The fourth-order valence-corrected chi connectivity index (χ4v) is 2.09. The van der Waals surface area contributed by atoms with Gasteiger partial charge in [-0.15, -0.1) is 0 Å². The first-order valence-corrected chi connectivity index (χ1v) is 5.49. The second-order valence-electron chi connectivity index (χ2n) is 5.12. The van der Waals surface area contributed by atoms with E-state index in [9.17, 15) is 9.59 Å². The molecule has 1 aliphatic heterocycles. The molecule has 0 saturated carbocycles. The Hall–Kier alpha value is -0.780. The van der Waals surface area contributed by atoms with Crippen LogP contribution in [-0.4, -0.2) is 64.9 Å². The van der Waals surface area contributed by atoms with Gasteiger partial charge < -0.3 is 5.11 Å². The largest absolute Gasteiger partial charge is 0.381 e. The number of Topliss-reactive ketones (excluding diaryl/α,β-unsaturated/α-hetero) is 1. The molecular formula is C11H20N2O3. The Morgan fingerprint density at radius 2 is 2.06 bits per heavy atom. The number of carbonyl (C=O) groups excluding carboxylic acids is 2. The minimum Gasteiger partial charge on any atom is -0.381 e. The van der Waals surface area contributed by atoms with Gasteiger partial charge in [0.05, 0.1) is 12.8 Å². The highest BCUT2D eigenvalue weighted by Crippen LogP contribution is 2.21. The Balaban J connectivity index is 2.84. The van der Waals surface area contributed by atoms with E-state index in [1.165, 1.54) is 0 Å². The Kier molecular flexibility index (Phi) is 4.18. The van der Waals surface area contributed by atoms with Crippen LogP contribution in [0.15, 0.2) is 0 Å². The molecule has 0 aromatic heterocycles. The molecule has 16 heavy (non-hydrogen) atoms. The van der Waals surface area contributed by atoms with Crippen LogP contribution >= 0.6 is 0 Å². The van der Waals surface area contributed by atoms with Gasteiger partial charge in [-0.3, -0.25) is 19.4 Å². The van der Waals surface area contributed by atoms with Crippen LogP contribution in [-0.2, 0) is 9.59 Å². The smallest absolute Gasteiger partial charge is 0.213 e. The Morgan fingerprint density at radius 1 is 1.44 bits per heavy atom. The first-order valence-electron chi connectivity index (χ1n) is 5.49. The Morgan fingerprint density at radius 3 is 2.50 bits per heavy atom. The van der Waals surface area contributed by atoms with Gasteiger partial charge >= 0.3 is 0 Å². The molecule has 1 aliphatic rings. The highest BCUT2D eigenvalue weighted by molar-refractivity contribution is 6.27. The van der Waals surface area contributed by atoms with Crippen molar-refractivity contribution in [2.75, 3.05) is 26.4 Å². The summed E-state index contributed by atoms with van der Waals surface area (Å²) in [6.07, 6.45) is 0.379. The molecule has 1 rings (SSSR count). The lowest BCUT2D eigenvalue weighted by atomic mass is 9.98. The number of rotatable bonds is 3. The molecule has 1 unspecified atom stereocenters. The third-order valence-corrected chi connectivity index (χ3v) is 2.97. The molecule has 5 nitrogen and oxygen atoms in total. The molecule has 5 heteroatoms. The fraction of sp³-hybridized carbons (Fsp3) is 0.818. The Labute approximate surface area is 96.0 Å². The third-order valence-electron chi connectivity index (χ3n) is 2.97. The second-order valence-corrected chi connectivity index (χ2v) is 5.12. The number of hydrogen-bond donors (Lipinski definition) is 1. The highest BCUT2D eigenvalue weighted by Gasteiger charge is 2.37. The number of aliphatic hydroxyl groups is 1. The van der Waals surface area contributed by atoms with Gasteiger partial charge in [0.25, 0.3) is 0 Å². The maximum Gasteiger partial charge on any atom is 0.213 e. The average Bonchev–Trinajstić information content (AvgIpc) is 2.25. The third kappa shape index (κ3) is 2.87. The predicted octanol–water partition coefficient (Wildman–Crippen LogP) is -0.511. The predicted molar refractivity (Wildman–Crippen MR) is 60.0 cm³/mol. The van der Waals surface area contributed by atoms with Gasteiger partial charge in [0.1, 0.15) is 0 Å². The van der Waals surface area contributed by atoms with Crippen molar-refractivity contribution in [2.45, 2.75) is 32.4 Å². The molecule has 0 bridgehead atoms. The van der Waals surface area contributed by atoms with E-state index in [0.717, 1.165) is 6.54 Å². The second kappa shape index (κ2) is 5.03. The lowest BCUT2D eigenvalue weighted by molar-refractivity contribution is -0.138. The first-order chi connectivity index (χ1) is 7.40. The lowest BCUT2D eigenvalue weighted by Gasteiger charge is -2.46. The van der Waals surface area contributed by atoms with E-state index in [1.54, 1.807) is 4.90 Å². The lowest BCUT2D eigenvalue weighted by Crippen LogP contribution is -2.62. The van der Waals surface area contributed by atoms with Gasteiger partial charge in [-0.2, -0.15) is 0 Å². The molecule has 0 amide bonds. The van der Waals surface area contributed by atoms with E-state index in [0.29, 0.717) is 19.4 Å². The van der Waals surface area contributed by atoms with Crippen molar-refractivity contribution >= 4 is 12.1 Å². The normalized spacial score (nSPS) is 24.4. The van der Waals surface area contributed by atoms with E-state index in [2.05, 4.69) is 0 Å². The summed E-state index contributed by atoms with van der Waals surface area (Å²) in [5.41, 5.74) is -0.148. The monoisotopic (exact) mass is 228 g/mol. The van der Waals surface area contributed by atoms with Crippen LogP contribution in [0.1, 0.15) is 20.8 Å². The van der Waals surface area contributed by atoms with E-state index >= 15 is 0 Å². The summed E-state index contributed by atoms with van der Waals surface area (Å²) in [5.74, 6) is -0.409. The SMILES string of the molecule is CC(C)(C)N1CCN(CO)CC1C(=O)C=O. The van der Waals surface area contributed by atoms with Crippen LogP contribution in [0, 0.1) is 0 Å². The van der Waals surface area contributed by atoms with E-state index in [1.807, 2.05) is 25.7 Å². The van der Waals surface area contributed by atoms with E-state index in [-0.39, 0.29) is 12.3 Å². The molecule has 1 heterocycles. The first kappa shape index (κ1) is 13.3. The number of piperazine rings is 1. The van der Waals surface area contributed by atoms with Crippen molar-refractivity contribution in [3.63, 3.8) is 0 Å². The fourth-order valence-electron chi connectivity index (χ4n) is 2.09. The number of nitrogens with zero attached hydrogens (tertiary/aromatic N) is 2. The minimum absolute atomic E-state index is 0.0688. The van der Waals surface area contributed by atoms with Crippen molar-refractivity contribution in [2.24, 2.45) is 0 Å². The molecule has 1 saturated heterocycles. The maximum atomic E-state index is 11.6. The topological polar surface area (TPSA) is 60.9 Å². The van der Waals surface area contributed by atoms with Crippen molar-refractivity contribution in [1.29, 1.82) is 0 Å². The molecule has 1 atom stereocenters. The summed E-state index contributed by atoms with van der Waals surface area (Å²) < 4.78 is 0. The van der Waals surface area contributed by atoms with Gasteiger partial charge in [-0.1, -0.05) is 0 Å².